The van der Waals surface area contributed by atoms with Gasteiger partial charge in [-0.2, -0.15) is 0 Å². The summed E-state index contributed by atoms with van der Waals surface area (Å²) in [5.74, 6) is 0.425. The highest BCUT2D eigenvalue weighted by atomic mass is 15.1. The van der Waals surface area contributed by atoms with E-state index < -0.39 is 0 Å². The summed E-state index contributed by atoms with van der Waals surface area (Å²) in [5, 5.41) is 7.42. The summed E-state index contributed by atoms with van der Waals surface area (Å²) in [6, 6.07) is 91.6. The molecule has 330 valence electrons. The predicted octanol–water partition coefficient (Wildman–Crippen LogP) is 18.8. The summed E-state index contributed by atoms with van der Waals surface area (Å²) in [5.41, 5.74) is 17.6. The summed E-state index contributed by atoms with van der Waals surface area (Å²) in [7, 11) is 0. The Morgan fingerprint density at radius 1 is 0.343 bits per heavy atom. The number of anilines is 3. The van der Waals surface area contributed by atoms with E-state index in [1.807, 2.05) is 0 Å². The maximum absolute atomic E-state index is 2.45. The first-order chi connectivity index (χ1) is 34.7. The molecule has 2 heteroatoms. The lowest BCUT2D eigenvalue weighted by molar-refractivity contribution is 0.854. The van der Waals surface area contributed by atoms with Crippen molar-refractivity contribution in [2.24, 2.45) is 0 Å². The van der Waals surface area contributed by atoms with Gasteiger partial charge in [-0.1, -0.05) is 212 Å². The van der Waals surface area contributed by atoms with E-state index in [1.165, 1.54) is 87.9 Å². The number of allylic oxidation sites excluding steroid dienone is 4. The lowest BCUT2D eigenvalue weighted by Gasteiger charge is -2.28. The zero-order valence-corrected chi connectivity index (χ0v) is 38.7. The van der Waals surface area contributed by atoms with Crippen molar-refractivity contribution in [3.05, 3.63) is 279 Å². The molecule has 0 bridgehead atoms. The van der Waals surface area contributed by atoms with Crippen molar-refractivity contribution in [1.29, 1.82) is 0 Å². The molecular weight excluding hydrogens is 845 g/mol. The Balaban J connectivity index is 1.02. The highest BCUT2D eigenvalue weighted by Crippen LogP contribution is 2.46. The number of fused-ring (bicyclic) bond motifs is 6. The van der Waals surface area contributed by atoms with Crippen LogP contribution in [0.1, 0.15) is 17.9 Å². The van der Waals surface area contributed by atoms with Gasteiger partial charge < -0.3 is 9.47 Å². The number of para-hydroxylation sites is 3. The molecule has 13 rings (SSSR count). The number of hydrogen-bond acceptors (Lipinski definition) is 1. The van der Waals surface area contributed by atoms with E-state index >= 15 is 0 Å². The normalized spacial score (nSPS) is 13.4. The van der Waals surface area contributed by atoms with Gasteiger partial charge in [0.2, 0.25) is 0 Å². The molecule has 70 heavy (non-hydrogen) atoms. The number of nitrogens with zero attached hydrogens (tertiary/aromatic N) is 2. The lowest BCUT2D eigenvalue weighted by atomic mass is 9.88. The van der Waals surface area contributed by atoms with Gasteiger partial charge in [-0.3, -0.25) is 0 Å². The van der Waals surface area contributed by atoms with Crippen LogP contribution in [0.15, 0.2) is 273 Å². The molecule has 0 saturated carbocycles. The van der Waals surface area contributed by atoms with E-state index in [0.717, 1.165) is 34.7 Å². The number of benzene rings is 11. The Hall–Kier alpha value is -8.98. The number of rotatable bonds is 9. The van der Waals surface area contributed by atoms with Gasteiger partial charge in [0.25, 0.3) is 0 Å². The molecule has 0 amide bonds. The Morgan fingerprint density at radius 2 is 0.871 bits per heavy atom. The molecule has 1 atom stereocenters. The maximum Gasteiger partial charge on any atom is 0.0541 e. The maximum atomic E-state index is 2.45. The van der Waals surface area contributed by atoms with Gasteiger partial charge >= 0.3 is 0 Å². The molecule has 0 aliphatic heterocycles. The smallest absolute Gasteiger partial charge is 0.0541 e. The fourth-order valence-electron chi connectivity index (χ4n) is 10.9. The first-order valence-electron chi connectivity index (χ1n) is 24.4. The summed E-state index contributed by atoms with van der Waals surface area (Å²) >= 11 is 0. The van der Waals surface area contributed by atoms with Crippen molar-refractivity contribution in [3.8, 4) is 50.2 Å². The lowest BCUT2D eigenvalue weighted by Crippen LogP contribution is -2.10. The Labute approximate surface area is 409 Å². The van der Waals surface area contributed by atoms with Crippen molar-refractivity contribution in [1.82, 2.24) is 4.57 Å². The van der Waals surface area contributed by atoms with Crippen LogP contribution in [0.4, 0.5) is 17.1 Å². The molecule has 0 fully saturated rings. The molecule has 0 saturated heterocycles. The monoisotopic (exact) mass is 892 g/mol. The fourth-order valence-corrected chi connectivity index (χ4v) is 10.9. The first kappa shape index (κ1) is 41.2. The van der Waals surface area contributed by atoms with Crippen molar-refractivity contribution >= 4 is 60.4 Å². The van der Waals surface area contributed by atoms with Crippen LogP contribution in [-0.2, 0) is 0 Å². The van der Waals surface area contributed by atoms with E-state index in [0.29, 0.717) is 5.92 Å². The summed E-state index contributed by atoms with van der Waals surface area (Å²) in [6.07, 6.45) is 9.90. The van der Waals surface area contributed by atoms with E-state index in [9.17, 15) is 0 Å². The summed E-state index contributed by atoms with van der Waals surface area (Å²) in [4.78, 5) is 2.42. The molecule has 12 aromatic rings. The van der Waals surface area contributed by atoms with Gasteiger partial charge in [0.05, 0.1) is 16.7 Å². The van der Waals surface area contributed by atoms with Crippen LogP contribution in [-0.4, -0.2) is 4.57 Å². The minimum atomic E-state index is 0.425. The Morgan fingerprint density at radius 3 is 1.53 bits per heavy atom. The van der Waals surface area contributed by atoms with Gasteiger partial charge in [0, 0.05) is 39.3 Å². The molecular formula is C68H48N2. The Kier molecular flexibility index (Phi) is 10.4. The van der Waals surface area contributed by atoms with Crippen molar-refractivity contribution < 1.29 is 0 Å². The van der Waals surface area contributed by atoms with Gasteiger partial charge in [-0.25, -0.2) is 0 Å². The molecule has 1 aliphatic rings. The minimum Gasteiger partial charge on any atom is -0.310 e. The van der Waals surface area contributed by atoms with Crippen LogP contribution in [0.5, 0.6) is 0 Å². The second kappa shape index (κ2) is 17.6. The van der Waals surface area contributed by atoms with Gasteiger partial charge in [0.1, 0.15) is 0 Å². The third kappa shape index (κ3) is 7.30. The van der Waals surface area contributed by atoms with Crippen LogP contribution in [0, 0.1) is 0 Å². The molecule has 1 aromatic heterocycles. The predicted molar refractivity (Wildman–Crippen MR) is 298 cm³/mol. The SMILES string of the molecule is C1=CCC(c2ccc(-c3ccc(N(c4ccc(-c5ccccc5)cc4)c4ccc(-c5ccccc5-n5c6ccccc6c6ccccc65)c(-c5cc6ccccc6c6ccccc56)c4)cc3)cc2)C=C1. The molecule has 1 heterocycles. The highest BCUT2D eigenvalue weighted by Gasteiger charge is 2.22. The standard InChI is InChI=1S/C68H48N2/c1-3-17-47(18-4-1)49-31-33-50(34-32-49)52-37-41-55(42-38-52)69(54-39-35-51(36-40-54)48-19-5-2-6-20-48)56-43-44-60(65(46-56)64-45-53-21-7-8-22-57(53)58-23-9-10-24-59(58)64)61-25-11-14-28-66(61)70-67-29-15-12-26-62(67)63-27-13-16-30-68(63)70/h1-17,19-47H,18H2. The van der Waals surface area contributed by atoms with Crippen LogP contribution in [0.3, 0.4) is 0 Å². The number of aromatic nitrogens is 1. The number of hydrogen-bond donors (Lipinski definition) is 0. The molecule has 11 aromatic carbocycles. The average Bonchev–Trinajstić information content (AvgIpc) is 3.78. The topological polar surface area (TPSA) is 8.17 Å². The largest absolute Gasteiger partial charge is 0.310 e. The zero-order valence-electron chi connectivity index (χ0n) is 38.7. The average molecular weight is 893 g/mol. The van der Waals surface area contributed by atoms with E-state index in [-0.39, 0.29) is 0 Å². The van der Waals surface area contributed by atoms with Crippen molar-refractivity contribution in [2.45, 2.75) is 12.3 Å². The quantitative estimate of drug-likeness (QED) is 0.131. The second-order valence-electron chi connectivity index (χ2n) is 18.4. The fraction of sp³-hybridized carbons (Fsp3) is 0.0294. The van der Waals surface area contributed by atoms with Crippen LogP contribution in [0.25, 0.3) is 93.5 Å². The molecule has 0 spiro atoms. The molecule has 2 nitrogen and oxygen atoms in total. The third-order valence-electron chi connectivity index (χ3n) is 14.3. The first-order valence-corrected chi connectivity index (χ1v) is 24.4. The van der Waals surface area contributed by atoms with E-state index in [1.54, 1.807) is 0 Å². The minimum absolute atomic E-state index is 0.425. The highest BCUT2D eigenvalue weighted by molar-refractivity contribution is 6.16. The van der Waals surface area contributed by atoms with E-state index in [2.05, 4.69) is 282 Å². The van der Waals surface area contributed by atoms with Gasteiger partial charge in [-0.15, -0.1) is 0 Å². The Bertz CT molecular complexity index is 3900. The van der Waals surface area contributed by atoms with Gasteiger partial charge in [-0.05, 0) is 133 Å². The van der Waals surface area contributed by atoms with Crippen molar-refractivity contribution in [2.75, 3.05) is 4.90 Å². The van der Waals surface area contributed by atoms with Crippen LogP contribution in [0.2, 0.25) is 0 Å². The van der Waals surface area contributed by atoms with Crippen LogP contribution >= 0.6 is 0 Å². The van der Waals surface area contributed by atoms with Crippen LogP contribution < -0.4 is 4.90 Å². The summed E-state index contributed by atoms with van der Waals surface area (Å²) in [6.45, 7) is 0. The summed E-state index contributed by atoms with van der Waals surface area (Å²) < 4.78 is 2.45. The molecule has 0 N–H and O–H groups in total. The van der Waals surface area contributed by atoms with E-state index in [4.69, 9.17) is 0 Å². The van der Waals surface area contributed by atoms with Crippen molar-refractivity contribution in [3.63, 3.8) is 0 Å². The molecule has 0 radical (unpaired) electrons. The zero-order chi connectivity index (χ0) is 46.4. The molecule has 1 aliphatic carbocycles. The van der Waals surface area contributed by atoms with Gasteiger partial charge in [0.15, 0.2) is 0 Å². The molecule has 1 unspecified atom stereocenters. The third-order valence-corrected chi connectivity index (χ3v) is 14.3. The second-order valence-corrected chi connectivity index (χ2v) is 18.4.